The molecule has 7 nitrogen and oxygen atoms in total. The van der Waals surface area contributed by atoms with Crippen LogP contribution < -0.4 is 15.5 Å². The zero-order valence-electron chi connectivity index (χ0n) is 19.7. The van der Waals surface area contributed by atoms with E-state index in [1.807, 2.05) is 54.8 Å². The summed E-state index contributed by atoms with van der Waals surface area (Å²) in [6, 6.07) is 23.4. The molecule has 1 aliphatic heterocycles. The number of carbonyl (C=O) groups is 3. The Bertz CT molecular complexity index is 1530. The van der Waals surface area contributed by atoms with Crippen molar-refractivity contribution in [2.24, 2.45) is 0 Å². The Hall–Kier alpha value is -4.27. The van der Waals surface area contributed by atoms with Gasteiger partial charge in [-0.3, -0.25) is 19.7 Å². The highest BCUT2D eigenvalue weighted by Crippen LogP contribution is 2.31. The van der Waals surface area contributed by atoms with Crippen molar-refractivity contribution >= 4 is 57.2 Å². The standard InChI is InChI=1S/C28H21ClN4O3S/c1-2-17-11-13-21(14-12-17)33-26(35)23(29)24(27(33)36)30-20-10-6-9-19(15-20)25(34)32-28-31-22(16-37-28)18-7-4-3-5-8-18/h3-16,30H,2H2,1H3,(H,31,32,34). The van der Waals surface area contributed by atoms with Gasteiger partial charge in [-0.05, 0) is 42.3 Å². The Kier molecular flexibility index (Phi) is 6.85. The molecule has 2 heterocycles. The van der Waals surface area contributed by atoms with Gasteiger partial charge in [0.05, 0.1) is 11.4 Å². The third kappa shape index (κ3) is 5.02. The molecule has 0 saturated heterocycles. The van der Waals surface area contributed by atoms with Gasteiger partial charge in [0.1, 0.15) is 10.7 Å². The average molecular weight is 529 g/mol. The molecule has 0 saturated carbocycles. The fraction of sp³-hybridized carbons (Fsp3) is 0.0714. The molecule has 3 aromatic carbocycles. The number of amides is 3. The number of halogens is 1. The van der Waals surface area contributed by atoms with Gasteiger partial charge in [-0.2, -0.15) is 0 Å². The zero-order valence-corrected chi connectivity index (χ0v) is 21.3. The SMILES string of the molecule is CCc1ccc(N2C(=O)C(Cl)=C(Nc3cccc(C(=O)Nc4nc(-c5ccccc5)cs4)c3)C2=O)cc1. The van der Waals surface area contributed by atoms with Crippen LogP contribution in [-0.2, 0) is 16.0 Å². The third-order valence-electron chi connectivity index (χ3n) is 5.82. The fourth-order valence-corrected chi connectivity index (χ4v) is 4.78. The van der Waals surface area contributed by atoms with Gasteiger partial charge < -0.3 is 5.32 Å². The Morgan fingerprint density at radius 3 is 2.46 bits per heavy atom. The van der Waals surface area contributed by atoms with E-state index < -0.39 is 11.8 Å². The maximum absolute atomic E-state index is 13.1. The summed E-state index contributed by atoms with van der Waals surface area (Å²) < 4.78 is 0. The van der Waals surface area contributed by atoms with Crippen molar-refractivity contribution in [3.63, 3.8) is 0 Å². The lowest BCUT2D eigenvalue weighted by atomic mass is 10.1. The number of thiazole rings is 1. The van der Waals surface area contributed by atoms with Crippen molar-refractivity contribution < 1.29 is 14.4 Å². The van der Waals surface area contributed by atoms with Gasteiger partial charge in [-0.1, -0.05) is 67.1 Å². The molecule has 1 aromatic heterocycles. The molecule has 0 aliphatic carbocycles. The molecule has 0 bridgehead atoms. The minimum atomic E-state index is -0.606. The second kappa shape index (κ2) is 10.4. The lowest BCUT2D eigenvalue weighted by Crippen LogP contribution is -2.32. The quantitative estimate of drug-likeness (QED) is 0.284. The van der Waals surface area contributed by atoms with Crippen molar-refractivity contribution in [3.8, 4) is 11.3 Å². The van der Waals surface area contributed by atoms with Crippen LogP contribution in [0.2, 0.25) is 0 Å². The number of aromatic nitrogens is 1. The lowest BCUT2D eigenvalue weighted by Gasteiger charge is -2.15. The van der Waals surface area contributed by atoms with Crippen molar-refractivity contribution in [3.05, 3.63) is 106 Å². The minimum Gasteiger partial charge on any atom is -0.350 e. The number of nitrogens with zero attached hydrogens (tertiary/aromatic N) is 2. The summed E-state index contributed by atoms with van der Waals surface area (Å²) in [6.07, 6.45) is 0.842. The Morgan fingerprint density at radius 2 is 1.73 bits per heavy atom. The van der Waals surface area contributed by atoms with Crippen LogP contribution in [0.15, 0.2) is 95.0 Å². The predicted octanol–water partition coefficient (Wildman–Crippen LogP) is 6.06. The molecule has 184 valence electrons. The van der Waals surface area contributed by atoms with Gasteiger partial charge in [-0.25, -0.2) is 9.88 Å². The van der Waals surface area contributed by atoms with Gasteiger partial charge in [0.2, 0.25) is 0 Å². The summed E-state index contributed by atoms with van der Waals surface area (Å²) in [5, 5.41) is 7.86. The van der Waals surface area contributed by atoms with Gasteiger partial charge >= 0.3 is 0 Å². The molecule has 0 atom stereocenters. The molecule has 2 N–H and O–H groups in total. The van der Waals surface area contributed by atoms with E-state index in [4.69, 9.17) is 11.6 Å². The second-order valence-electron chi connectivity index (χ2n) is 8.22. The van der Waals surface area contributed by atoms with E-state index in [1.165, 1.54) is 11.3 Å². The van der Waals surface area contributed by atoms with Crippen LogP contribution in [0.25, 0.3) is 11.3 Å². The number of hydrogen-bond acceptors (Lipinski definition) is 6. The molecule has 1 aliphatic rings. The number of imide groups is 1. The normalized spacial score (nSPS) is 13.3. The van der Waals surface area contributed by atoms with Crippen LogP contribution in [0.1, 0.15) is 22.8 Å². The first-order chi connectivity index (χ1) is 17.9. The molecule has 5 rings (SSSR count). The fourth-order valence-electron chi connectivity index (χ4n) is 3.85. The van der Waals surface area contributed by atoms with Gasteiger partial charge in [0, 0.05) is 22.2 Å². The molecule has 0 spiro atoms. The van der Waals surface area contributed by atoms with E-state index >= 15 is 0 Å². The summed E-state index contributed by atoms with van der Waals surface area (Å²) in [6.45, 7) is 2.02. The molecule has 37 heavy (non-hydrogen) atoms. The van der Waals surface area contributed by atoms with Crippen LogP contribution in [0, 0.1) is 0 Å². The number of anilines is 3. The second-order valence-corrected chi connectivity index (χ2v) is 9.45. The third-order valence-corrected chi connectivity index (χ3v) is 6.93. The molecular weight excluding hydrogens is 508 g/mol. The summed E-state index contributed by atoms with van der Waals surface area (Å²) in [5.41, 5.74) is 4.00. The first-order valence-corrected chi connectivity index (χ1v) is 12.8. The number of rotatable bonds is 7. The number of nitrogens with one attached hydrogen (secondary N) is 2. The maximum atomic E-state index is 13.1. The highest BCUT2D eigenvalue weighted by molar-refractivity contribution is 7.14. The molecule has 0 fully saturated rings. The van der Waals surface area contributed by atoms with E-state index in [1.54, 1.807) is 36.4 Å². The zero-order chi connectivity index (χ0) is 25.9. The van der Waals surface area contributed by atoms with E-state index in [0.717, 1.165) is 28.1 Å². The monoisotopic (exact) mass is 528 g/mol. The van der Waals surface area contributed by atoms with Crippen LogP contribution in [0.3, 0.4) is 0 Å². The Morgan fingerprint density at radius 1 is 0.973 bits per heavy atom. The van der Waals surface area contributed by atoms with E-state index in [0.29, 0.717) is 22.1 Å². The molecule has 0 unspecified atom stereocenters. The largest absolute Gasteiger partial charge is 0.350 e. The highest BCUT2D eigenvalue weighted by Gasteiger charge is 2.39. The average Bonchev–Trinajstić information content (AvgIpc) is 3.48. The van der Waals surface area contributed by atoms with Crippen molar-refractivity contribution in [1.82, 2.24) is 4.98 Å². The summed E-state index contributed by atoms with van der Waals surface area (Å²) >= 11 is 7.59. The summed E-state index contributed by atoms with van der Waals surface area (Å²) in [7, 11) is 0. The molecule has 9 heteroatoms. The van der Waals surface area contributed by atoms with Crippen LogP contribution in [0.5, 0.6) is 0 Å². The predicted molar refractivity (Wildman–Crippen MR) is 147 cm³/mol. The van der Waals surface area contributed by atoms with E-state index in [2.05, 4.69) is 15.6 Å². The maximum Gasteiger partial charge on any atom is 0.283 e. The molecule has 0 radical (unpaired) electrons. The number of benzene rings is 3. The van der Waals surface area contributed by atoms with Gasteiger partial charge in [0.15, 0.2) is 5.13 Å². The summed E-state index contributed by atoms with van der Waals surface area (Å²) in [4.78, 5) is 44.2. The number of hydrogen-bond donors (Lipinski definition) is 2. The molecule has 4 aromatic rings. The summed E-state index contributed by atoms with van der Waals surface area (Å²) in [5.74, 6) is -1.53. The van der Waals surface area contributed by atoms with E-state index in [-0.39, 0.29) is 16.6 Å². The van der Waals surface area contributed by atoms with Crippen LogP contribution >= 0.6 is 22.9 Å². The number of carbonyl (C=O) groups excluding carboxylic acids is 3. The van der Waals surface area contributed by atoms with Crippen molar-refractivity contribution in [1.29, 1.82) is 0 Å². The topological polar surface area (TPSA) is 91.4 Å². The van der Waals surface area contributed by atoms with E-state index in [9.17, 15) is 14.4 Å². The smallest absolute Gasteiger partial charge is 0.283 e. The van der Waals surface area contributed by atoms with Gasteiger partial charge in [0.25, 0.3) is 17.7 Å². The first-order valence-electron chi connectivity index (χ1n) is 11.5. The first kappa shape index (κ1) is 24.4. The van der Waals surface area contributed by atoms with Gasteiger partial charge in [-0.15, -0.1) is 11.3 Å². The van der Waals surface area contributed by atoms with Crippen molar-refractivity contribution in [2.75, 3.05) is 15.5 Å². The highest BCUT2D eigenvalue weighted by atomic mass is 35.5. The van der Waals surface area contributed by atoms with Crippen LogP contribution in [-0.4, -0.2) is 22.7 Å². The Labute approximate surface area is 222 Å². The number of aryl methyl sites for hydroxylation is 1. The minimum absolute atomic E-state index is 0.0452. The molecular formula is C28H21ClN4O3S. The lowest BCUT2D eigenvalue weighted by molar-refractivity contribution is -0.120. The Balaban J connectivity index is 1.30. The van der Waals surface area contributed by atoms with Crippen LogP contribution in [0.4, 0.5) is 16.5 Å². The van der Waals surface area contributed by atoms with Crippen molar-refractivity contribution in [2.45, 2.75) is 13.3 Å². The molecule has 3 amide bonds.